The van der Waals surface area contributed by atoms with Crippen LogP contribution >= 0.6 is 23.8 Å². The third-order valence-corrected chi connectivity index (χ3v) is 3.98. The Labute approximate surface area is 149 Å². The lowest BCUT2D eigenvalue weighted by atomic mass is 9.98. The number of fused-ring (bicyclic) bond motifs is 1. The molecule has 0 amide bonds. The van der Waals surface area contributed by atoms with E-state index in [0.29, 0.717) is 22.7 Å². The van der Waals surface area contributed by atoms with Gasteiger partial charge in [0.2, 0.25) is 0 Å². The Morgan fingerprint density at radius 3 is 2.67 bits per heavy atom. The number of hydrogen-bond acceptors (Lipinski definition) is 4. The molecule has 0 saturated carbocycles. The first-order valence-corrected chi connectivity index (χ1v) is 8.01. The van der Waals surface area contributed by atoms with Gasteiger partial charge in [0.15, 0.2) is 5.11 Å². The van der Waals surface area contributed by atoms with Crippen LogP contribution in [0, 0.1) is 0 Å². The number of esters is 1. The minimum atomic E-state index is -0.406. The van der Waals surface area contributed by atoms with Crippen LogP contribution in [0.5, 0.6) is 0 Å². The van der Waals surface area contributed by atoms with Gasteiger partial charge in [-0.1, -0.05) is 41.9 Å². The average Bonchev–Trinajstić information content (AvgIpc) is 2.89. The smallest absolute Gasteiger partial charge is 0.339 e. The lowest BCUT2D eigenvalue weighted by Crippen LogP contribution is -2.26. The summed E-state index contributed by atoms with van der Waals surface area (Å²) in [5.74, 6) is -0.326. The third-order valence-electron chi connectivity index (χ3n) is 3.63. The minimum absolute atomic E-state index is 0.0604. The van der Waals surface area contributed by atoms with Crippen LogP contribution in [0.15, 0.2) is 53.6 Å². The highest BCUT2D eigenvalue weighted by Crippen LogP contribution is 2.33. The molecule has 1 atom stereocenters. The first-order chi connectivity index (χ1) is 11.5. The van der Waals surface area contributed by atoms with E-state index in [9.17, 15) is 4.79 Å². The molecule has 0 radical (unpaired) electrons. The molecule has 0 saturated heterocycles. The number of carbonyl (C=O) groups is 1. The monoisotopic (exact) mass is 359 g/mol. The fraction of sp³-hybridized carbons (Fsp3) is 0.118. The second-order valence-electron chi connectivity index (χ2n) is 5.23. The van der Waals surface area contributed by atoms with Gasteiger partial charge in [0, 0.05) is 17.0 Å². The number of nitrogens with zero attached hydrogens (tertiary/aromatic N) is 1. The van der Waals surface area contributed by atoms with Gasteiger partial charge in [0.1, 0.15) is 6.10 Å². The Hall–Kier alpha value is -2.44. The number of cyclic esters (lactones) is 1. The lowest BCUT2D eigenvalue weighted by Gasteiger charge is -2.13. The van der Waals surface area contributed by atoms with Crippen molar-refractivity contribution in [3.8, 4) is 0 Å². The Morgan fingerprint density at radius 2 is 1.96 bits per heavy atom. The third kappa shape index (κ3) is 3.55. The Bertz CT molecular complexity index is 821. The van der Waals surface area contributed by atoms with Crippen molar-refractivity contribution in [2.45, 2.75) is 12.5 Å². The van der Waals surface area contributed by atoms with Crippen LogP contribution in [-0.4, -0.2) is 16.8 Å². The minimum Gasteiger partial charge on any atom is -0.453 e. The van der Waals surface area contributed by atoms with E-state index in [1.165, 1.54) is 0 Å². The second kappa shape index (κ2) is 6.98. The largest absolute Gasteiger partial charge is 0.453 e. The fourth-order valence-corrected chi connectivity index (χ4v) is 2.71. The Balaban J connectivity index is 1.90. The van der Waals surface area contributed by atoms with Crippen LogP contribution < -0.4 is 11.2 Å². The van der Waals surface area contributed by atoms with Crippen LogP contribution in [0.3, 0.4) is 0 Å². The maximum Gasteiger partial charge on any atom is 0.339 e. The number of hydrazone groups is 1. The Morgan fingerprint density at radius 1 is 1.25 bits per heavy atom. The summed E-state index contributed by atoms with van der Waals surface area (Å²) in [5.41, 5.74) is 11.0. The molecule has 0 fully saturated rings. The van der Waals surface area contributed by atoms with E-state index in [1.807, 2.05) is 30.3 Å². The zero-order valence-electron chi connectivity index (χ0n) is 12.5. The highest BCUT2D eigenvalue weighted by Gasteiger charge is 2.31. The number of ether oxygens (including phenoxy) is 1. The summed E-state index contributed by atoms with van der Waals surface area (Å²) in [5, 5.41) is 4.93. The topological polar surface area (TPSA) is 76.7 Å². The molecule has 3 rings (SSSR count). The number of nitrogens with two attached hydrogens (primary N) is 1. The molecule has 0 spiro atoms. The molecular formula is C17H14ClN3O2S. The van der Waals surface area contributed by atoms with Crippen molar-refractivity contribution in [1.82, 2.24) is 5.43 Å². The molecule has 1 heterocycles. The summed E-state index contributed by atoms with van der Waals surface area (Å²) in [4.78, 5) is 12.0. The van der Waals surface area contributed by atoms with Crippen LogP contribution in [0.2, 0.25) is 5.02 Å². The van der Waals surface area contributed by atoms with Crippen molar-refractivity contribution in [1.29, 1.82) is 0 Å². The van der Waals surface area contributed by atoms with E-state index in [1.54, 1.807) is 18.2 Å². The summed E-state index contributed by atoms with van der Waals surface area (Å²) < 4.78 is 5.48. The van der Waals surface area contributed by atoms with Gasteiger partial charge in [0.05, 0.1) is 11.3 Å². The average molecular weight is 360 g/mol. The fourth-order valence-electron chi connectivity index (χ4n) is 2.54. The molecule has 122 valence electrons. The van der Waals surface area contributed by atoms with E-state index < -0.39 is 6.10 Å². The van der Waals surface area contributed by atoms with Gasteiger partial charge in [0.25, 0.3) is 0 Å². The number of benzene rings is 2. The van der Waals surface area contributed by atoms with Gasteiger partial charge in [-0.25, -0.2) is 4.79 Å². The molecule has 3 N–H and O–H groups in total. The molecule has 2 aromatic rings. The SMILES string of the molecule is NC(=S)N/N=C(/C[C@@H]1OC(=O)c2ccccc21)c1ccc(Cl)cc1. The second-order valence-corrected chi connectivity index (χ2v) is 6.10. The van der Waals surface area contributed by atoms with E-state index in [4.69, 9.17) is 34.3 Å². The molecule has 0 unspecified atom stereocenters. The van der Waals surface area contributed by atoms with E-state index in [2.05, 4.69) is 10.5 Å². The van der Waals surface area contributed by atoms with Crippen LogP contribution in [0.1, 0.15) is 34.0 Å². The maximum absolute atomic E-state index is 12.0. The zero-order chi connectivity index (χ0) is 17.1. The number of hydrogen-bond donors (Lipinski definition) is 2. The summed E-state index contributed by atoms with van der Waals surface area (Å²) in [6, 6.07) is 14.5. The lowest BCUT2D eigenvalue weighted by molar-refractivity contribution is 0.0400. The first-order valence-electron chi connectivity index (χ1n) is 7.22. The molecule has 0 bridgehead atoms. The van der Waals surface area contributed by atoms with Crippen molar-refractivity contribution in [3.63, 3.8) is 0 Å². The summed E-state index contributed by atoms with van der Waals surface area (Å²) in [6.07, 6.45) is -0.0173. The molecule has 1 aliphatic rings. The highest BCUT2D eigenvalue weighted by molar-refractivity contribution is 7.80. The molecule has 0 aromatic heterocycles. The Kier molecular flexibility index (Phi) is 4.78. The van der Waals surface area contributed by atoms with Gasteiger partial charge in [-0.15, -0.1) is 0 Å². The number of nitrogens with one attached hydrogen (secondary N) is 1. The van der Waals surface area contributed by atoms with E-state index >= 15 is 0 Å². The number of rotatable bonds is 4. The maximum atomic E-state index is 12.0. The van der Waals surface area contributed by atoms with Crippen LogP contribution in [0.4, 0.5) is 0 Å². The molecule has 24 heavy (non-hydrogen) atoms. The summed E-state index contributed by atoms with van der Waals surface area (Å²) >= 11 is 10.7. The van der Waals surface area contributed by atoms with Crippen molar-refractivity contribution in [2.75, 3.05) is 0 Å². The van der Waals surface area contributed by atoms with Gasteiger partial charge in [-0.2, -0.15) is 5.10 Å². The number of halogens is 1. The summed E-state index contributed by atoms with van der Waals surface area (Å²) in [7, 11) is 0. The summed E-state index contributed by atoms with van der Waals surface area (Å²) in [6.45, 7) is 0. The van der Waals surface area contributed by atoms with Crippen molar-refractivity contribution >= 4 is 40.6 Å². The normalized spacial score (nSPS) is 16.5. The van der Waals surface area contributed by atoms with Crippen molar-refractivity contribution in [2.24, 2.45) is 10.8 Å². The quantitative estimate of drug-likeness (QED) is 0.379. The van der Waals surface area contributed by atoms with Gasteiger partial charge < -0.3 is 10.5 Å². The van der Waals surface area contributed by atoms with E-state index in [-0.39, 0.29) is 11.1 Å². The van der Waals surface area contributed by atoms with Crippen molar-refractivity contribution in [3.05, 3.63) is 70.2 Å². The van der Waals surface area contributed by atoms with Gasteiger partial charge >= 0.3 is 5.97 Å². The number of thiocarbonyl (C=S) groups is 1. The zero-order valence-corrected chi connectivity index (χ0v) is 14.1. The van der Waals surface area contributed by atoms with E-state index in [0.717, 1.165) is 11.1 Å². The predicted molar refractivity (Wildman–Crippen MR) is 97.1 cm³/mol. The van der Waals surface area contributed by atoms with Crippen LogP contribution in [0.25, 0.3) is 0 Å². The van der Waals surface area contributed by atoms with Crippen molar-refractivity contribution < 1.29 is 9.53 Å². The predicted octanol–water partition coefficient (Wildman–Crippen LogP) is 3.18. The first kappa shape index (κ1) is 16.4. The molecule has 5 nitrogen and oxygen atoms in total. The molecule has 0 aliphatic carbocycles. The van der Waals surface area contributed by atoms with Crippen LogP contribution in [-0.2, 0) is 4.74 Å². The van der Waals surface area contributed by atoms with Gasteiger partial charge in [-0.3, -0.25) is 5.43 Å². The van der Waals surface area contributed by atoms with Gasteiger partial charge in [-0.05, 0) is 36.0 Å². The highest BCUT2D eigenvalue weighted by atomic mass is 35.5. The molecule has 2 aromatic carbocycles. The standard InChI is InChI=1S/C17H14ClN3O2S/c18-11-7-5-10(6-8-11)14(20-21-17(19)24)9-15-12-3-1-2-4-13(12)16(22)23-15/h1-8,15H,9H2,(H3,19,21,24)/b20-14-/t15-/m0/s1. The number of carbonyl (C=O) groups excluding carboxylic acids is 1. The molecule has 7 heteroatoms. The molecule has 1 aliphatic heterocycles. The molecular weight excluding hydrogens is 346 g/mol.